The molecule has 1 N–H and O–H groups in total. The molecule has 0 aromatic heterocycles. The molecule has 1 heterocycles. The minimum absolute atomic E-state index is 0.0536. The van der Waals surface area contributed by atoms with Gasteiger partial charge in [-0.3, -0.25) is 13.9 Å². The molecule has 1 aliphatic rings. The molecule has 4 aromatic carbocycles. The highest BCUT2D eigenvalue weighted by atomic mass is 32.2. The van der Waals surface area contributed by atoms with E-state index in [0.717, 1.165) is 27.6 Å². The lowest BCUT2D eigenvalue weighted by Gasteiger charge is -2.34. The molecule has 240 valence electrons. The average Bonchev–Trinajstić information content (AvgIpc) is 3.08. The molecule has 4 aromatic rings. The van der Waals surface area contributed by atoms with Crippen LogP contribution < -0.4 is 19.1 Å². The lowest BCUT2D eigenvalue weighted by atomic mass is 10.0. The molecule has 0 unspecified atom stereocenters. The van der Waals surface area contributed by atoms with E-state index in [2.05, 4.69) is 5.32 Å². The number of carbonyl (C=O) groups is 2. The van der Waals surface area contributed by atoms with Crippen LogP contribution in [-0.4, -0.2) is 57.5 Å². The molecule has 0 bridgehead atoms. The van der Waals surface area contributed by atoms with E-state index in [-0.39, 0.29) is 41.8 Å². The van der Waals surface area contributed by atoms with Crippen molar-refractivity contribution in [3.8, 4) is 11.5 Å². The predicted molar refractivity (Wildman–Crippen MR) is 173 cm³/mol. The Bertz CT molecular complexity index is 1740. The third-order valence-corrected chi connectivity index (χ3v) is 9.28. The molecule has 11 heteroatoms. The van der Waals surface area contributed by atoms with Gasteiger partial charge in [0.2, 0.25) is 11.8 Å². The van der Waals surface area contributed by atoms with E-state index in [9.17, 15) is 22.4 Å². The maximum absolute atomic E-state index is 14.4. The number of hydrogen-bond donors (Lipinski definition) is 1. The van der Waals surface area contributed by atoms with E-state index in [1.807, 2.05) is 67.6 Å². The minimum atomic E-state index is -4.39. The third kappa shape index (κ3) is 7.84. The van der Waals surface area contributed by atoms with Crippen LogP contribution >= 0.6 is 0 Å². The summed E-state index contributed by atoms with van der Waals surface area (Å²) in [4.78, 5) is 29.4. The number of anilines is 1. The number of hydrogen-bond acceptors (Lipinski definition) is 6. The van der Waals surface area contributed by atoms with Crippen molar-refractivity contribution < 1.29 is 31.9 Å². The van der Waals surface area contributed by atoms with Gasteiger partial charge in [-0.25, -0.2) is 12.8 Å². The first kappa shape index (κ1) is 32.5. The summed E-state index contributed by atoms with van der Waals surface area (Å²) in [5.74, 6) is -0.850. The molecule has 0 fully saturated rings. The Morgan fingerprint density at radius 3 is 2.13 bits per heavy atom. The molecule has 0 aliphatic carbocycles. The molecule has 1 aliphatic heterocycles. The molecule has 0 spiro atoms. The quantitative estimate of drug-likeness (QED) is 0.221. The van der Waals surface area contributed by atoms with Gasteiger partial charge in [0.1, 0.15) is 31.6 Å². The van der Waals surface area contributed by atoms with Crippen LogP contribution in [0.2, 0.25) is 0 Å². The van der Waals surface area contributed by atoms with Gasteiger partial charge in [0.25, 0.3) is 10.0 Å². The number of carbonyl (C=O) groups excluding carboxylic acids is 2. The third-order valence-electron chi connectivity index (χ3n) is 7.51. The van der Waals surface area contributed by atoms with Gasteiger partial charge in [-0.1, -0.05) is 67.6 Å². The molecule has 0 saturated carbocycles. The van der Waals surface area contributed by atoms with Crippen molar-refractivity contribution in [1.82, 2.24) is 10.2 Å². The van der Waals surface area contributed by atoms with Crippen molar-refractivity contribution in [1.29, 1.82) is 0 Å². The molecule has 2 amide bonds. The van der Waals surface area contributed by atoms with Crippen LogP contribution in [0, 0.1) is 5.82 Å². The summed E-state index contributed by atoms with van der Waals surface area (Å²) in [6, 6.07) is 26.7. The van der Waals surface area contributed by atoms with Gasteiger partial charge in [0.15, 0.2) is 11.5 Å². The summed E-state index contributed by atoms with van der Waals surface area (Å²) in [7, 11) is -4.39. The van der Waals surface area contributed by atoms with Crippen molar-refractivity contribution in [3.05, 3.63) is 120 Å². The highest BCUT2D eigenvalue weighted by molar-refractivity contribution is 7.92. The first-order valence-electron chi connectivity index (χ1n) is 15.1. The Morgan fingerprint density at radius 2 is 1.48 bits per heavy atom. The largest absolute Gasteiger partial charge is 0.486 e. The summed E-state index contributed by atoms with van der Waals surface area (Å²) in [5, 5.41) is 2.92. The maximum Gasteiger partial charge on any atom is 0.264 e. The Hall–Kier alpha value is -4.90. The van der Waals surface area contributed by atoms with Gasteiger partial charge in [0, 0.05) is 25.6 Å². The molecule has 46 heavy (non-hydrogen) atoms. The number of nitrogens with zero attached hydrogens (tertiary/aromatic N) is 2. The monoisotopic (exact) mass is 645 g/mol. The first-order valence-corrected chi connectivity index (χ1v) is 16.5. The maximum atomic E-state index is 14.4. The molecule has 1 atom stereocenters. The van der Waals surface area contributed by atoms with Crippen LogP contribution in [0.5, 0.6) is 11.5 Å². The summed E-state index contributed by atoms with van der Waals surface area (Å²) in [5.41, 5.74) is 1.68. The fourth-order valence-corrected chi connectivity index (χ4v) is 6.58. The zero-order chi connectivity index (χ0) is 32.5. The summed E-state index contributed by atoms with van der Waals surface area (Å²) in [6.45, 7) is 2.34. The van der Waals surface area contributed by atoms with Gasteiger partial charge in [-0.05, 0) is 53.9 Å². The lowest BCUT2D eigenvalue weighted by molar-refractivity contribution is -0.140. The van der Waals surface area contributed by atoms with Crippen LogP contribution in [0.4, 0.5) is 10.1 Å². The molecule has 9 nitrogen and oxygen atoms in total. The van der Waals surface area contributed by atoms with E-state index in [1.54, 1.807) is 0 Å². The number of sulfonamides is 1. The minimum Gasteiger partial charge on any atom is -0.486 e. The number of fused-ring (bicyclic) bond motifs is 1. The van der Waals surface area contributed by atoms with E-state index in [1.165, 1.54) is 35.2 Å². The van der Waals surface area contributed by atoms with Crippen LogP contribution in [0.15, 0.2) is 108 Å². The Labute approximate surface area is 268 Å². The lowest BCUT2D eigenvalue weighted by Crippen LogP contribution is -2.53. The Balaban J connectivity index is 1.55. The van der Waals surface area contributed by atoms with E-state index in [4.69, 9.17) is 9.47 Å². The number of ether oxygens (including phenoxy) is 2. The van der Waals surface area contributed by atoms with Gasteiger partial charge in [0.05, 0.1) is 10.6 Å². The predicted octanol–water partition coefficient (Wildman–Crippen LogP) is 4.96. The zero-order valence-corrected chi connectivity index (χ0v) is 26.3. The van der Waals surface area contributed by atoms with E-state index >= 15 is 0 Å². The molecule has 0 saturated heterocycles. The van der Waals surface area contributed by atoms with E-state index < -0.39 is 34.3 Å². The second-order valence-electron chi connectivity index (χ2n) is 10.8. The number of amides is 2. The molecule has 5 rings (SSSR count). The normalized spacial score (nSPS) is 13.0. The van der Waals surface area contributed by atoms with Crippen LogP contribution in [0.25, 0.3) is 0 Å². The van der Waals surface area contributed by atoms with Gasteiger partial charge in [-0.15, -0.1) is 0 Å². The Morgan fingerprint density at radius 1 is 0.848 bits per heavy atom. The van der Waals surface area contributed by atoms with Crippen molar-refractivity contribution in [2.75, 3.05) is 30.6 Å². The van der Waals surface area contributed by atoms with Crippen molar-refractivity contribution in [3.63, 3.8) is 0 Å². The second kappa shape index (κ2) is 14.9. The topological polar surface area (TPSA) is 105 Å². The van der Waals surface area contributed by atoms with Crippen LogP contribution in [-0.2, 0) is 32.6 Å². The average molecular weight is 646 g/mol. The number of rotatable bonds is 13. The second-order valence-corrected chi connectivity index (χ2v) is 12.7. The highest BCUT2D eigenvalue weighted by Gasteiger charge is 2.35. The number of halogens is 1. The van der Waals surface area contributed by atoms with Gasteiger partial charge in [-0.2, -0.15) is 0 Å². The molecular weight excluding hydrogens is 609 g/mol. The standard InChI is InChI=1S/C35H36FN3O6S/c1-2-19-37-35(41)31(22-26-9-5-3-6-10-26)38(24-27-11-7-4-8-12-27)34(40)25-39(29-15-13-28(36)14-16-29)46(42,43)30-17-18-32-33(23-30)45-21-20-44-32/h3-18,23,31H,2,19-22,24-25H2,1H3,(H,37,41)/t31-/m0/s1. The van der Waals surface area contributed by atoms with Gasteiger partial charge >= 0.3 is 0 Å². The highest BCUT2D eigenvalue weighted by Crippen LogP contribution is 2.34. The summed E-state index contributed by atoms with van der Waals surface area (Å²) >= 11 is 0. The van der Waals surface area contributed by atoms with Crippen molar-refractivity contribution in [2.24, 2.45) is 0 Å². The fraction of sp³-hybridized carbons (Fsp3) is 0.257. The molecular formula is C35H36FN3O6S. The first-order chi connectivity index (χ1) is 22.3. The zero-order valence-electron chi connectivity index (χ0n) is 25.5. The summed E-state index contributed by atoms with van der Waals surface area (Å²) < 4.78 is 54.6. The van der Waals surface area contributed by atoms with E-state index in [0.29, 0.717) is 25.3 Å². The SMILES string of the molecule is CCCNC(=O)[C@H](Cc1ccccc1)N(Cc1ccccc1)C(=O)CN(c1ccc(F)cc1)S(=O)(=O)c1ccc2c(c1)OCCO2. The van der Waals surface area contributed by atoms with Crippen LogP contribution in [0.3, 0.4) is 0 Å². The van der Waals surface area contributed by atoms with Crippen LogP contribution in [0.1, 0.15) is 24.5 Å². The van der Waals surface area contributed by atoms with Crippen molar-refractivity contribution >= 4 is 27.5 Å². The van der Waals surface area contributed by atoms with Crippen molar-refractivity contribution in [2.45, 2.75) is 37.2 Å². The smallest absolute Gasteiger partial charge is 0.264 e. The number of benzene rings is 4. The fourth-order valence-electron chi connectivity index (χ4n) is 5.15. The summed E-state index contributed by atoms with van der Waals surface area (Å²) in [6.07, 6.45) is 0.906. The van der Waals surface area contributed by atoms with Gasteiger partial charge < -0.3 is 19.7 Å². The molecule has 0 radical (unpaired) electrons. The Kier molecular flexibility index (Phi) is 10.5. The number of nitrogens with one attached hydrogen (secondary N) is 1.